The Labute approximate surface area is 202 Å². The van der Waals surface area contributed by atoms with E-state index in [9.17, 15) is 19.2 Å². The number of carbonyl (C=O) groups is 4. The fourth-order valence-electron chi connectivity index (χ4n) is 3.87. The molecule has 0 aliphatic carbocycles. The molecule has 0 spiro atoms. The second-order valence-corrected chi connectivity index (χ2v) is 8.83. The molecule has 3 rings (SSSR count). The third kappa shape index (κ3) is 9.53. The number of amides is 1. The van der Waals surface area contributed by atoms with Gasteiger partial charge in [-0.25, -0.2) is 9.59 Å². The number of benzene rings is 1. The van der Waals surface area contributed by atoms with Crippen LogP contribution >= 0.6 is 23.2 Å². The van der Waals surface area contributed by atoms with Gasteiger partial charge in [0.05, 0.1) is 16.5 Å². The van der Waals surface area contributed by atoms with Crippen molar-refractivity contribution in [2.24, 2.45) is 0 Å². The summed E-state index contributed by atoms with van der Waals surface area (Å²) >= 11 is 12.0. The first-order valence-electron chi connectivity index (χ1n) is 10.8. The van der Waals surface area contributed by atoms with Crippen molar-refractivity contribution in [2.75, 3.05) is 26.2 Å². The summed E-state index contributed by atoms with van der Waals surface area (Å²) in [6.45, 7) is 3.34. The molecule has 2 aliphatic rings. The van der Waals surface area contributed by atoms with E-state index in [1.165, 1.54) is 0 Å². The van der Waals surface area contributed by atoms with Crippen LogP contribution in [0.2, 0.25) is 10.0 Å². The molecule has 2 fully saturated rings. The van der Waals surface area contributed by atoms with Crippen molar-refractivity contribution in [1.29, 1.82) is 0 Å². The highest BCUT2D eigenvalue weighted by Crippen LogP contribution is 2.24. The number of rotatable bonds is 6. The molecule has 180 valence electrons. The summed E-state index contributed by atoms with van der Waals surface area (Å²) in [6.07, 6.45) is 6.01. The SMILES string of the molecule is O=C(O)C=CC(=O)O.O=C1CCN(CC2CCCCN2C(=O)Cc2ccc(Cl)c(Cl)c2)CC1. The number of nitrogens with zero attached hydrogens (tertiary/aromatic N) is 2. The molecule has 0 aromatic heterocycles. The van der Waals surface area contributed by atoms with E-state index >= 15 is 0 Å². The number of piperidine rings is 2. The maximum absolute atomic E-state index is 12.8. The van der Waals surface area contributed by atoms with Crippen LogP contribution in [0.3, 0.4) is 0 Å². The van der Waals surface area contributed by atoms with Gasteiger partial charge in [-0.1, -0.05) is 29.3 Å². The van der Waals surface area contributed by atoms with Crippen molar-refractivity contribution in [2.45, 2.75) is 44.6 Å². The molecule has 8 nitrogen and oxygen atoms in total. The Hall–Kier alpha value is -2.42. The van der Waals surface area contributed by atoms with E-state index < -0.39 is 11.9 Å². The summed E-state index contributed by atoms with van der Waals surface area (Å²) in [5, 5.41) is 16.6. The zero-order chi connectivity index (χ0) is 24.4. The van der Waals surface area contributed by atoms with Gasteiger partial charge in [0, 0.05) is 57.2 Å². The summed E-state index contributed by atoms with van der Waals surface area (Å²) in [5.74, 6) is -2.01. The van der Waals surface area contributed by atoms with E-state index in [1.54, 1.807) is 12.1 Å². The first-order valence-corrected chi connectivity index (χ1v) is 11.5. The zero-order valence-electron chi connectivity index (χ0n) is 18.2. The topological polar surface area (TPSA) is 115 Å². The lowest BCUT2D eigenvalue weighted by Gasteiger charge is -2.39. The van der Waals surface area contributed by atoms with E-state index in [4.69, 9.17) is 33.4 Å². The highest BCUT2D eigenvalue weighted by atomic mass is 35.5. The van der Waals surface area contributed by atoms with Gasteiger partial charge in [-0.2, -0.15) is 0 Å². The Bertz CT molecular complexity index is 879. The lowest BCUT2D eigenvalue weighted by atomic mass is 9.99. The minimum absolute atomic E-state index is 0.149. The van der Waals surface area contributed by atoms with Crippen LogP contribution in [0.4, 0.5) is 0 Å². The molecular weight excluding hydrogens is 471 g/mol. The molecule has 1 aromatic rings. The van der Waals surface area contributed by atoms with Crippen LogP contribution in [0.5, 0.6) is 0 Å². The Morgan fingerprint density at radius 1 is 0.970 bits per heavy atom. The number of hydrogen-bond donors (Lipinski definition) is 2. The van der Waals surface area contributed by atoms with E-state index in [0.717, 1.165) is 51.0 Å². The van der Waals surface area contributed by atoms with Crippen molar-refractivity contribution >= 4 is 46.8 Å². The van der Waals surface area contributed by atoms with Crippen LogP contribution in [0.25, 0.3) is 0 Å². The van der Waals surface area contributed by atoms with Gasteiger partial charge in [-0.15, -0.1) is 0 Å². The van der Waals surface area contributed by atoms with Gasteiger partial charge in [0.1, 0.15) is 5.78 Å². The number of carboxylic acid groups (broad SMARTS) is 2. The molecule has 0 bridgehead atoms. The van der Waals surface area contributed by atoms with E-state index in [2.05, 4.69) is 4.90 Å². The molecule has 2 saturated heterocycles. The van der Waals surface area contributed by atoms with Gasteiger partial charge in [-0.3, -0.25) is 9.59 Å². The van der Waals surface area contributed by atoms with Crippen LogP contribution in [0.1, 0.15) is 37.7 Å². The predicted octanol–water partition coefficient (Wildman–Crippen LogP) is 3.29. The number of hydrogen-bond acceptors (Lipinski definition) is 5. The Morgan fingerprint density at radius 2 is 1.61 bits per heavy atom. The monoisotopic (exact) mass is 498 g/mol. The summed E-state index contributed by atoms with van der Waals surface area (Å²) in [6, 6.07) is 5.63. The van der Waals surface area contributed by atoms with Gasteiger partial charge in [-0.05, 0) is 37.0 Å². The van der Waals surface area contributed by atoms with E-state index in [0.29, 0.717) is 47.2 Å². The Balaban J connectivity index is 0.000000414. The number of aliphatic carboxylic acids is 2. The molecule has 2 heterocycles. The second kappa shape index (κ2) is 13.3. The van der Waals surface area contributed by atoms with Crippen LogP contribution in [0.15, 0.2) is 30.4 Å². The second-order valence-electron chi connectivity index (χ2n) is 8.01. The predicted molar refractivity (Wildman–Crippen MR) is 125 cm³/mol. The molecule has 2 aliphatic heterocycles. The molecule has 0 radical (unpaired) electrons. The van der Waals surface area contributed by atoms with Crippen LogP contribution < -0.4 is 0 Å². The third-order valence-electron chi connectivity index (χ3n) is 5.54. The lowest BCUT2D eigenvalue weighted by Crippen LogP contribution is -2.51. The Morgan fingerprint density at radius 3 is 2.18 bits per heavy atom. The summed E-state index contributed by atoms with van der Waals surface area (Å²) in [4.78, 5) is 47.7. The summed E-state index contributed by atoms with van der Waals surface area (Å²) in [7, 11) is 0. The van der Waals surface area contributed by atoms with Crippen molar-refractivity contribution in [3.8, 4) is 0 Å². The fraction of sp³-hybridized carbons (Fsp3) is 0.478. The average Bonchev–Trinajstić information content (AvgIpc) is 2.77. The molecule has 1 aromatic carbocycles. The molecule has 0 saturated carbocycles. The van der Waals surface area contributed by atoms with Gasteiger partial charge in [0.2, 0.25) is 5.91 Å². The lowest BCUT2D eigenvalue weighted by molar-refractivity contribution is -0.135. The normalized spacial score (nSPS) is 19.2. The third-order valence-corrected chi connectivity index (χ3v) is 6.28. The van der Waals surface area contributed by atoms with Crippen molar-refractivity contribution in [1.82, 2.24) is 9.80 Å². The molecule has 1 atom stereocenters. The highest BCUT2D eigenvalue weighted by molar-refractivity contribution is 6.42. The molecule has 2 N–H and O–H groups in total. The first kappa shape index (κ1) is 26.8. The van der Waals surface area contributed by atoms with E-state index in [-0.39, 0.29) is 11.9 Å². The molecule has 1 amide bonds. The van der Waals surface area contributed by atoms with Gasteiger partial charge in [0.15, 0.2) is 0 Å². The quantitative estimate of drug-likeness (QED) is 0.578. The maximum Gasteiger partial charge on any atom is 0.328 e. The van der Waals surface area contributed by atoms with E-state index in [1.807, 2.05) is 11.0 Å². The van der Waals surface area contributed by atoms with Gasteiger partial charge < -0.3 is 20.0 Å². The number of ketones is 1. The number of Topliss-reactive ketones (excluding diaryl/α,β-unsaturated/α-hetero) is 1. The molecule has 10 heteroatoms. The minimum Gasteiger partial charge on any atom is -0.478 e. The fourth-order valence-corrected chi connectivity index (χ4v) is 4.19. The zero-order valence-corrected chi connectivity index (χ0v) is 19.7. The summed E-state index contributed by atoms with van der Waals surface area (Å²) < 4.78 is 0. The summed E-state index contributed by atoms with van der Waals surface area (Å²) in [5.41, 5.74) is 0.896. The maximum atomic E-state index is 12.8. The van der Waals surface area contributed by atoms with Crippen LogP contribution in [0, 0.1) is 0 Å². The molecular formula is C23H28Cl2N2O6. The highest BCUT2D eigenvalue weighted by Gasteiger charge is 2.29. The molecule has 1 unspecified atom stereocenters. The van der Waals surface area contributed by atoms with Crippen molar-refractivity contribution in [3.63, 3.8) is 0 Å². The number of halogens is 2. The number of carbonyl (C=O) groups excluding carboxylic acids is 2. The smallest absolute Gasteiger partial charge is 0.328 e. The van der Waals surface area contributed by atoms with Gasteiger partial charge >= 0.3 is 11.9 Å². The molecule has 33 heavy (non-hydrogen) atoms. The number of carboxylic acids is 2. The van der Waals surface area contributed by atoms with Crippen molar-refractivity contribution in [3.05, 3.63) is 46.0 Å². The van der Waals surface area contributed by atoms with Gasteiger partial charge in [0.25, 0.3) is 0 Å². The average molecular weight is 499 g/mol. The number of likely N-dealkylation sites (tertiary alicyclic amines) is 2. The minimum atomic E-state index is -1.26. The first-order chi connectivity index (χ1) is 15.7. The standard InChI is InChI=1S/C19H24Cl2N2O2.C4H4O4/c20-17-5-4-14(11-18(17)21)12-19(25)23-8-2-1-3-15(23)13-22-9-6-16(24)7-10-22;5-3(6)1-2-4(7)8/h4-5,11,15H,1-3,6-10,12-13H2;1-2H,(H,5,6)(H,7,8). The van der Waals surface area contributed by atoms with Crippen molar-refractivity contribution < 1.29 is 29.4 Å². The van der Waals surface area contributed by atoms with Crippen LogP contribution in [-0.2, 0) is 25.6 Å². The largest absolute Gasteiger partial charge is 0.478 e. The van der Waals surface area contributed by atoms with Crippen LogP contribution in [-0.4, -0.2) is 75.9 Å². The Kier molecular flexibility index (Phi) is 10.8.